The largest absolute Gasteiger partial charge is 0.357 e. The minimum Gasteiger partial charge on any atom is -0.357 e. The average molecular weight is 366 g/mol. The maximum Gasteiger partial charge on any atom is 0.191 e. The summed E-state index contributed by atoms with van der Waals surface area (Å²) in [5, 5.41) is 7.71. The van der Waals surface area contributed by atoms with Gasteiger partial charge in [0.2, 0.25) is 0 Å². The number of nitrogens with zero attached hydrogens (tertiary/aromatic N) is 2. The van der Waals surface area contributed by atoms with E-state index in [0.717, 1.165) is 17.5 Å². The lowest BCUT2D eigenvalue weighted by atomic mass is 10.6. The molecule has 0 bridgehead atoms. The minimum atomic E-state index is 0. The lowest BCUT2D eigenvalue weighted by Gasteiger charge is -2.09. The predicted molar refractivity (Wildman–Crippen MR) is 83.2 cm³/mol. The minimum absolute atomic E-state index is 0. The lowest BCUT2D eigenvalue weighted by Crippen LogP contribution is -2.38. The van der Waals surface area contributed by atoms with E-state index in [1.54, 1.807) is 11.3 Å². The van der Waals surface area contributed by atoms with Crippen LogP contribution in [0.5, 0.6) is 0 Å². The third-order valence-electron chi connectivity index (χ3n) is 2.30. The Labute approximate surface area is 123 Å². The van der Waals surface area contributed by atoms with Gasteiger partial charge in [0.15, 0.2) is 5.96 Å². The molecule has 4 nitrogen and oxygen atoms in total. The molecule has 1 saturated carbocycles. The SMILES string of the molecule is CCNC(=NCc1ncc(C)s1)NC1CC1.I. The van der Waals surface area contributed by atoms with Crippen LogP contribution in [0.15, 0.2) is 11.2 Å². The van der Waals surface area contributed by atoms with Crippen LogP contribution >= 0.6 is 35.3 Å². The van der Waals surface area contributed by atoms with E-state index in [9.17, 15) is 0 Å². The van der Waals surface area contributed by atoms with E-state index in [0.29, 0.717) is 12.6 Å². The number of aryl methyl sites for hydroxylation is 1. The first-order valence-electron chi connectivity index (χ1n) is 5.74. The van der Waals surface area contributed by atoms with Crippen LogP contribution in [0.3, 0.4) is 0 Å². The highest BCUT2D eigenvalue weighted by Crippen LogP contribution is 2.18. The van der Waals surface area contributed by atoms with Crippen LogP contribution in [0.25, 0.3) is 0 Å². The van der Waals surface area contributed by atoms with Crippen LogP contribution in [-0.2, 0) is 6.54 Å². The Balaban J connectivity index is 0.00000144. The van der Waals surface area contributed by atoms with Gasteiger partial charge in [0.1, 0.15) is 5.01 Å². The molecule has 0 aliphatic heterocycles. The predicted octanol–water partition coefficient (Wildman–Crippen LogP) is 2.29. The zero-order chi connectivity index (χ0) is 11.4. The third-order valence-corrected chi connectivity index (χ3v) is 3.20. The van der Waals surface area contributed by atoms with Crippen molar-refractivity contribution >= 4 is 41.3 Å². The van der Waals surface area contributed by atoms with Gasteiger partial charge >= 0.3 is 0 Å². The fourth-order valence-corrected chi connectivity index (χ4v) is 2.07. The summed E-state index contributed by atoms with van der Waals surface area (Å²) in [6.45, 7) is 5.71. The Hall–Kier alpha value is -0.370. The molecule has 6 heteroatoms. The van der Waals surface area contributed by atoms with Crippen LogP contribution in [0.4, 0.5) is 0 Å². The van der Waals surface area contributed by atoms with Crippen molar-refractivity contribution < 1.29 is 0 Å². The van der Waals surface area contributed by atoms with Gasteiger partial charge in [-0.05, 0) is 26.7 Å². The number of hydrogen-bond acceptors (Lipinski definition) is 3. The standard InChI is InChI=1S/C11H18N4S.HI/c1-3-12-11(15-9-4-5-9)14-7-10-13-6-8(2)16-10;/h6,9H,3-5,7H2,1-2H3,(H2,12,14,15);1H. The second-order valence-electron chi connectivity index (χ2n) is 3.98. The Morgan fingerprint density at radius 3 is 2.88 bits per heavy atom. The molecule has 0 spiro atoms. The molecule has 2 N–H and O–H groups in total. The van der Waals surface area contributed by atoms with Crippen LogP contribution in [0, 0.1) is 6.92 Å². The molecule has 17 heavy (non-hydrogen) atoms. The van der Waals surface area contributed by atoms with Crippen molar-refractivity contribution in [3.63, 3.8) is 0 Å². The smallest absolute Gasteiger partial charge is 0.191 e. The number of hydrogen-bond donors (Lipinski definition) is 2. The Morgan fingerprint density at radius 1 is 1.59 bits per heavy atom. The first-order chi connectivity index (χ1) is 7.78. The molecule has 0 unspecified atom stereocenters. The van der Waals surface area contributed by atoms with E-state index >= 15 is 0 Å². The number of halogens is 1. The quantitative estimate of drug-likeness (QED) is 0.488. The summed E-state index contributed by atoms with van der Waals surface area (Å²) in [5.41, 5.74) is 0. The highest BCUT2D eigenvalue weighted by atomic mass is 127. The lowest BCUT2D eigenvalue weighted by molar-refractivity contribution is 0.811. The molecule has 0 aromatic carbocycles. The van der Waals surface area contributed by atoms with Crippen molar-refractivity contribution in [3.05, 3.63) is 16.1 Å². The first kappa shape index (κ1) is 14.7. The molecule has 1 heterocycles. The van der Waals surface area contributed by atoms with Crippen molar-refractivity contribution in [2.24, 2.45) is 4.99 Å². The highest BCUT2D eigenvalue weighted by molar-refractivity contribution is 14.0. The zero-order valence-corrected chi connectivity index (χ0v) is 13.3. The van der Waals surface area contributed by atoms with E-state index in [2.05, 4.69) is 34.5 Å². The first-order valence-corrected chi connectivity index (χ1v) is 6.55. The second-order valence-corrected chi connectivity index (χ2v) is 5.30. The van der Waals surface area contributed by atoms with Gasteiger partial charge in [-0.3, -0.25) is 0 Å². The van der Waals surface area contributed by atoms with Gasteiger partial charge in [-0.15, -0.1) is 35.3 Å². The van der Waals surface area contributed by atoms with Gasteiger partial charge in [-0.25, -0.2) is 9.98 Å². The Kier molecular flexibility index (Phi) is 6.18. The molecule has 1 aliphatic rings. The summed E-state index contributed by atoms with van der Waals surface area (Å²) in [6.07, 6.45) is 4.43. The van der Waals surface area contributed by atoms with Crippen molar-refractivity contribution in [1.82, 2.24) is 15.6 Å². The molecule has 0 radical (unpaired) electrons. The van der Waals surface area contributed by atoms with Crippen LogP contribution < -0.4 is 10.6 Å². The number of rotatable bonds is 4. The number of aliphatic imine (C=N–C) groups is 1. The van der Waals surface area contributed by atoms with Gasteiger partial charge in [-0.1, -0.05) is 0 Å². The number of nitrogens with one attached hydrogen (secondary N) is 2. The highest BCUT2D eigenvalue weighted by Gasteiger charge is 2.22. The fourth-order valence-electron chi connectivity index (χ4n) is 1.36. The van der Waals surface area contributed by atoms with Crippen LogP contribution in [0.2, 0.25) is 0 Å². The van der Waals surface area contributed by atoms with Gasteiger partial charge in [-0.2, -0.15) is 0 Å². The van der Waals surface area contributed by atoms with Gasteiger partial charge in [0.05, 0.1) is 6.54 Å². The zero-order valence-electron chi connectivity index (χ0n) is 10.2. The van der Waals surface area contributed by atoms with Gasteiger partial charge in [0, 0.05) is 23.7 Å². The molecular weight excluding hydrogens is 347 g/mol. The maximum absolute atomic E-state index is 4.52. The number of guanidine groups is 1. The third kappa shape index (κ3) is 5.20. The van der Waals surface area contributed by atoms with Crippen molar-refractivity contribution in [3.8, 4) is 0 Å². The van der Waals surface area contributed by atoms with Crippen molar-refractivity contribution in [1.29, 1.82) is 0 Å². The van der Waals surface area contributed by atoms with E-state index in [1.165, 1.54) is 17.7 Å². The summed E-state index contributed by atoms with van der Waals surface area (Å²) in [5.74, 6) is 0.915. The maximum atomic E-state index is 4.52. The summed E-state index contributed by atoms with van der Waals surface area (Å²) in [4.78, 5) is 10.1. The average Bonchev–Trinajstić information content (AvgIpc) is 2.97. The molecule has 96 valence electrons. The summed E-state index contributed by atoms with van der Waals surface area (Å²) >= 11 is 1.71. The molecule has 1 fully saturated rings. The van der Waals surface area contributed by atoms with E-state index in [1.807, 2.05) is 6.20 Å². The van der Waals surface area contributed by atoms with Gasteiger partial charge in [0.25, 0.3) is 0 Å². The Morgan fingerprint density at radius 2 is 2.35 bits per heavy atom. The molecular formula is C11H19IN4S. The summed E-state index contributed by atoms with van der Waals surface area (Å²) < 4.78 is 0. The topological polar surface area (TPSA) is 49.3 Å². The number of thiazole rings is 1. The van der Waals surface area contributed by atoms with Crippen molar-refractivity contribution in [2.75, 3.05) is 6.54 Å². The second kappa shape index (κ2) is 7.15. The Bertz CT molecular complexity index is 373. The molecule has 1 aliphatic carbocycles. The van der Waals surface area contributed by atoms with Crippen molar-refractivity contribution in [2.45, 2.75) is 39.3 Å². The molecule has 0 atom stereocenters. The molecule has 0 amide bonds. The number of aromatic nitrogens is 1. The normalized spacial score (nSPS) is 15.3. The summed E-state index contributed by atoms with van der Waals surface area (Å²) in [7, 11) is 0. The van der Waals surface area contributed by atoms with E-state index < -0.39 is 0 Å². The molecule has 1 aromatic rings. The monoisotopic (exact) mass is 366 g/mol. The summed E-state index contributed by atoms with van der Waals surface area (Å²) in [6, 6.07) is 0.635. The van der Waals surface area contributed by atoms with Crippen LogP contribution in [0.1, 0.15) is 29.7 Å². The fraction of sp³-hybridized carbons (Fsp3) is 0.636. The van der Waals surface area contributed by atoms with Gasteiger partial charge < -0.3 is 10.6 Å². The van der Waals surface area contributed by atoms with E-state index in [-0.39, 0.29) is 24.0 Å². The molecule has 1 aromatic heterocycles. The van der Waals surface area contributed by atoms with Crippen LogP contribution in [-0.4, -0.2) is 23.5 Å². The van der Waals surface area contributed by atoms with E-state index in [4.69, 9.17) is 0 Å². The molecule has 0 saturated heterocycles. The molecule has 2 rings (SSSR count).